The largest absolute Gasteiger partial charge is 0.506 e. The molecule has 0 aliphatic carbocycles. The Hall–Kier alpha value is -4.61. The average Bonchev–Trinajstić information content (AvgIpc) is 3.33. The minimum Gasteiger partial charge on any atom is -0.506 e. The number of nitrogens with zero attached hydrogens (tertiary/aromatic N) is 6. The van der Waals surface area contributed by atoms with Gasteiger partial charge in [0.15, 0.2) is 5.65 Å². The fourth-order valence-corrected chi connectivity index (χ4v) is 5.14. The van der Waals surface area contributed by atoms with E-state index < -0.39 is 11.7 Å². The van der Waals surface area contributed by atoms with E-state index in [-0.39, 0.29) is 28.5 Å². The molecule has 4 heterocycles. The van der Waals surface area contributed by atoms with Gasteiger partial charge >= 0.3 is 5.63 Å². The number of benzene rings is 2. The summed E-state index contributed by atoms with van der Waals surface area (Å²) >= 11 is 0. The van der Waals surface area contributed by atoms with Gasteiger partial charge in [0.25, 0.3) is 0 Å². The Morgan fingerprint density at radius 1 is 1.02 bits per heavy atom. The molecular formula is C30H28BrN7O3. The lowest BCUT2D eigenvalue weighted by Gasteiger charge is -2.19. The molecule has 4 aromatic heterocycles. The lowest BCUT2D eigenvalue weighted by atomic mass is 9.94. The SMILES string of the molecule is Br.C[C@@H](c1oc(=O)c2ccccc2c1-c1cccc(CN(C)C)c1)n1nc(-c2cncc(O)c2)c2c(N)ncnc21. The monoisotopic (exact) mass is 613 g/mol. The molecule has 0 spiro atoms. The van der Waals surface area contributed by atoms with Crippen molar-refractivity contribution in [2.24, 2.45) is 0 Å². The van der Waals surface area contributed by atoms with Gasteiger partial charge in [0.05, 0.1) is 17.0 Å². The van der Waals surface area contributed by atoms with Gasteiger partial charge in [-0.05, 0) is 50.3 Å². The number of hydrogen-bond acceptors (Lipinski definition) is 9. The van der Waals surface area contributed by atoms with Crippen molar-refractivity contribution in [2.45, 2.75) is 19.5 Å². The molecule has 11 heteroatoms. The maximum absolute atomic E-state index is 13.2. The predicted octanol–water partition coefficient (Wildman–Crippen LogP) is 5.20. The third-order valence-corrected chi connectivity index (χ3v) is 6.84. The van der Waals surface area contributed by atoms with Gasteiger partial charge in [-0.2, -0.15) is 5.10 Å². The van der Waals surface area contributed by atoms with Crippen molar-refractivity contribution in [3.63, 3.8) is 0 Å². The summed E-state index contributed by atoms with van der Waals surface area (Å²) in [6, 6.07) is 16.6. The zero-order valence-electron chi connectivity index (χ0n) is 22.6. The first-order valence-corrected chi connectivity index (χ1v) is 12.7. The number of halogens is 1. The Morgan fingerprint density at radius 3 is 2.56 bits per heavy atom. The zero-order chi connectivity index (χ0) is 28.0. The lowest BCUT2D eigenvalue weighted by Crippen LogP contribution is -2.15. The molecule has 0 aliphatic heterocycles. The van der Waals surface area contributed by atoms with Crippen molar-refractivity contribution >= 4 is 44.6 Å². The molecule has 6 rings (SSSR count). The van der Waals surface area contributed by atoms with E-state index in [2.05, 4.69) is 32.0 Å². The van der Waals surface area contributed by atoms with Crippen molar-refractivity contribution in [1.29, 1.82) is 0 Å². The predicted molar refractivity (Wildman–Crippen MR) is 164 cm³/mol. The van der Waals surface area contributed by atoms with Crippen LogP contribution in [0.25, 0.3) is 44.2 Å². The number of nitrogens with two attached hydrogens (primary N) is 1. The molecule has 0 saturated carbocycles. The normalized spacial score (nSPS) is 12.1. The number of fused-ring (bicyclic) bond motifs is 2. The molecular weight excluding hydrogens is 586 g/mol. The molecule has 41 heavy (non-hydrogen) atoms. The number of aromatic nitrogens is 5. The Kier molecular flexibility index (Phi) is 7.57. The maximum Gasteiger partial charge on any atom is 0.343 e. The molecule has 0 aliphatic rings. The molecule has 10 nitrogen and oxygen atoms in total. The molecule has 208 valence electrons. The molecule has 1 atom stereocenters. The van der Waals surface area contributed by atoms with Crippen LogP contribution < -0.4 is 11.4 Å². The first-order chi connectivity index (χ1) is 19.3. The molecule has 0 amide bonds. The van der Waals surface area contributed by atoms with Crippen LogP contribution in [0.4, 0.5) is 5.82 Å². The van der Waals surface area contributed by atoms with Crippen LogP contribution in [-0.2, 0) is 6.54 Å². The second kappa shape index (κ2) is 11.1. The van der Waals surface area contributed by atoms with Gasteiger partial charge < -0.3 is 20.2 Å². The third kappa shape index (κ3) is 5.05. The Balaban J connectivity index is 0.00000337. The van der Waals surface area contributed by atoms with E-state index in [0.29, 0.717) is 33.4 Å². The van der Waals surface area contributed by atoms with Gasteiger partial charge in [-0.25, -0.2) is 19.4 Å². The Morgan fingerprint density at radius 2 is 1.80 bits per heavy atom. The van der Waals surface area contributed by atoms with Crippen molar-refractivity contribution in [1.82, 2.24) is 29.6 Å². The highest BCUT2D eigenvalue weighted by Gasteiger charge is 2.27. The van der Waals surface area contributed by atoms with Crippen LogP contribution in [0.3, 0.4) is 0 Å². The molecule has 2 aromatic carbocycles. The highest BCUT2D eigenvalue weighted by molar-refractivity contribution is 8.93. The summed E-state index contributed by atoms with van der Waals surface area (Å²) in [5, 5.41) is 16.7. The van der Waals surface area contributed by atoms with Crippen molar-refractivity contribution in [3.8, 4) is 28.1 Å². The molecule has 0 unspecified atom stereocenters. The van der Waals surface area contributed by atoms with Gasteiger partial charge in [0.1, 0.15) is 35.4 Å². The number of rotatable bonds is 6. The van der Waals surface area contributed by atoms with Gasteiger partial charge in [-0.1, -0.05) is 36.4 Å². The number of aromatic hydroxyl groups is 1. The summed E-state index contributed by atoms with van der Waals surface area (Å²) in [6.07, 6.45) is 4.29. The van der Waals surface area contributed by atoms with Crippen LogP contribution >= 0.6 is 17.0 Å². The first-order valence-electron chi connectivity index (χ1n) is 12.7. The van der Waals surface area contributed by atoms with Crippen molar-refractivity contribution in [2.75, 3.05) is 19.8 Å². The van der Waals surface area contributed by atoms with E-state index in [1.807, 2.05) is 51.4 Å². The van der Waals surface area contributed by atoms with Crippen LogP contribution in [0.15, 0.2) is 82.5 Å². The number of hydrogen-bond donors (Lipinski definition) is 2. The molecule has 0 fully saturated rings. The second-order valence-electron chi connectivity index (χ2n) is 9.97. The van der Waals surface area contributed by atoms with Crippen LogP contribution in [0.5, 0.6) is 5.75 Å². The van der Waals surface area contributed by atoms with Crippen LogP contribution in [0.2, 0.25) is 0 Å². The molecule has 6 aromatic rings. The number of anilines is 1. The number of pyridine rings is 1. The zero-order valence-corrected chi connectivity index (χ0v) is 24.4. The van der Waals surface area contributed by atoms with Gasteiger partial charge in [-0.15, -0.1) is 17.0 Å². The van der Waals surface area contributed by atoms with Gasteiger partial charge in [0.2, 0.25) is 0 Å². The van der Waals surface area contributed by atoms with E-state index in [1.54, 1.807) is 23.0 Å². The summed E-state index contributed by atoms with van der Waals surface area (Å²) in [5.41, 5.74) is 10.2. The summed E-state index contributed by atoms with van der Waals surface area (Å²) in [4.78, 5) is 28.1. The maximum atomic E-state index is 13.2. The van der Waals surface area contributed by atoms with E-state index in [4.69, 9.17) is 15.2 Å². The molecule has 0 bridgehead atoms. The first kappa shape index (κ1) is 27.9. The van der Waals surface area contributed by atoms with E-state index in [9.17, 15) is 9.90 Å². The van der Waals surface area contributed by atoms with E-state index in [0.717, 1.165) is 28.6 Å². The second-order valence-corrected chi connectivity index (χ2v) is 9.97. The highest BCUT2D eigenvalue weighted by Crippen LogP contribution is 2.38. The Bertz CT molecular complexity index is 1950. The van der Waals surface area contributed by atoms with Gasteiger partial charge in [-0.3, -0.25) is 4.98 Å². The van der Waals surface area contributed by atoms with Crippen molar-refractivity contribution in [3.05, 3.63) is 95.1 Å². The number of nitrogen functional groups attached to an aromatic ring is 1. The summed E-state index contributed by atoms with van der Waals surface area (Å²) in [5.74, 6) is 0.662. The third-order valence-electron chi connectivity index (χ3n) is 6.84. The Labute approximate surface area is 245 Å². The summed E-state index contributed by atoms with van der Waals surface area (Å²) in [6.45, 7) is 2.66. The van der Waals surface area contributed by atoms with Crippen LogP contribution in [-0.4, -0.2) is 48.8 Å². The fraction of sp³-hybridized carbons (Fsp3) is 0.167. The highest BCUT2D eigenvalue weighted by atomic mass is 79.9. The minimum atomic E-state index is -0.569. The van der Waals surface area contributed by atoms with E-state index >= 15 is 0 Å². The standard InChI is InChI=1S/C30H27N7O3.BrH/c1-17(37-29-25(28(31)33-16-34-29)26(35-37)20-12-21(38)14-32-13-20)27-24(19-8-6-7-18(11-19)15-36(2)3)22-9-4-5-10-23(22)30(39)40-27;/h4-14,16-17,38H,15H2,1-3H3,(H2,31,33,34);1H/t17-;/m0./s1. The van der Waals surface area contributed by atoms with Gasteiger partial charge in [0, 0.05) is 29.3 Å². The van der Waals surface area contributed by atoms with Crippen LogP contribution in [0.1, 0.15) is 24.3 Å². The summed E-state index contributed by atoms with van der Waals surface area (Å²) in [7, 11) is 4.04. The van der Waals surface area contributed by atoms with Crippen molar-refractivity contribution < 1.29 is 9.52 Å². The average molecular weight is 615 g/mol. The lowest BCUT2D eigenvalue weighted by molar-refractivity contribution is 0.402. The van der Waals surface area contributed by atoms with Crippen LogP contribution in [0, 0.1) is 0 Å². The molecule has 0 radical (unpaired) electrons. The summed E-state index contributed by atoms with van der Waals surface area (Å²) < 4.78 is 7.75. The molecule has 3 N–H and O–H groups in total. The molecule has 0 saturated heterocycles. The topological polar surface area (TPSA) is 136 Å². The fourth-order valence-electron chi connectivity index (χ4n) is 5.14. The smallest absolute Gasteiger partial charge is 0.343 e. The quantitative estimate of drug-likeness (QED) is 0.260. The minimum absolute atomic E-state index is 0. The van der Waals surface area contributed by atoms with E-state index in [1.165, 1.54) is 12.5 Å².